The van der Waals surface area contributed by atoms with Crippen LogP contribution in [0.25, 0.3) is 22.2 Å². The molecular formula is C28H30N2O2. The molecule has 1 amide bonds. The van der Waals surface area contributed by atoms with Crippen LogP contribution in [0, 0.1) is 23.2 Å². The Morgan fingerprint density at radius 3 is 2.31 bits per heavy atom. The predicted octanol–water partition coefficient (Wildman–Crippen LogP) is 6.46. The van der Waals surface area contributed by atoms with Gasteiger partial charge in [-0.1, -0.05) is 6.07 Å². The lowest BCUT2D eigenvalue weighted by Crippen LogP contribution is -2.47. The molecule has 1 N–H and O–H groups in total. The van der Waals surface area contributed by atoms with Crippen molar-refractivity contribution in [3.8, 4) is 17.0 Å². The summed E-state index contributed by atoms with van der Waals surface area (Å²) >= 11 is 0. The second-order valence-electron chi connectivity index (χ2n) is 10.4. The number of nitrogens with zero attached hydrogens (tertiary/aromatic N) is 1. The van der Waals surface area contributed by atoms with Crippen molar-refractivity contribution in [2.45, 2.75) is 44.9 Å². The lowest BCUT2D eigenvalue weighted by Gasteiger charge is -2.56. The molecule has 0 saturated heterocycles. The van der Waals surface area contributed by atoms with Gasteiger partial charge < -0.3 is 10.1 Å². The van der Waals surface area contributed by atoms with Crippen molar-refractivity contribution in [1.82, 2.24) is 4.98 Å². The third-order valence-corrected chi connectivity index (χ3v) is 8.09. The van der Waals surface area contributed by atoms with E-state index in [0.29, 0.717) is 6.42 Å². The Balaban J connectivity index is 1.22. The Morgan fingerprint density at radius 2 is 1.66 bits per heavy atom. The van der Waals surface area contributed by atoms with Crippen LogP contribution >= 0.6 is 0 Å². The Bertz CT molecular complexity index is 1130. The van der Waals surface area contributed by atoms with Crippen LogP contribution in [-0.4, -0.2) is 18.0 Å². The molecule has 4 fully saturated rings. The molecular weight excluding hydrogens is 396 g/mol. The van der Waals surface area contributed by atoms with E-state index in [9.17, 15) is 4.79 Å². The smallest absolute Gasteiger partial charge is 0.224 e. The first-order valence-corrected chi connectivity index (χ1v) is 11.9. The molecule has 4 heteroatoms. The number of pyridine rings is 1. The van der Waals surface area contributed by atoms with Crippen molar-refractivity contribution in [1.29, 1.82) is 0 Å². The number of methoxy groups -OCH3 is 1. The third kappa shape index (κ3) is 3.56. The first-order chi connectivity index (χ1) is 15.6. The Labute approximate surface area is 189 Å². The molecule has 0 unspecified atom stereocenters. The van der Waals surface area contributed by atoms with Crippen molar-refractivity contribution in [2.75, 3.05) is 12.4 Å². The summed E-state index contributed by atoms with van der Waals surface area (Å²) in [7, 11) is 1.67. The molecule has 3 aromatic rings. The van der Waals surface area contributed by atoms with E-state index in [2.05, 4.69) is 11.4 Å². The number of carbonyl (C=O) groups excluding carboxylic acids is 1. The number of amides is 1. The lowest BCUT2D eigenvalue weighted by molar-refractivity contribution is -0.124. The van der Waals surface area contributed by atoms with E-state index >= 15 is 0 Å². The van der Waals surface area contributed by atoms with E-state index in [-0.39, 0.29) is 11.3 Å². The number of ether oxygens (including phenoxy) is 1. The number of aromatic nitrogens is 1. The molecule has 1 heterocycles. The van der Waals surface area contributed by atoms with E-state index in [4.69, 9.17) is 9.72 Å². The molecule has 4 bridgehead atoms. The Morgan fingerprint density at radius 1 is 0.969 bits per heavy atom. The highest BCUT2D eigenvalue weighted by atomic mass is 16.5. The highest BCUT2D eigenvalue weighted by molar-refractivity contribution is 6.01. The van der Waals surface area contributed by atoms with Crippen molar-refractivity contribution < 1.29 is 9.53 Å². The highest BCUT2D eigenvalue weighted by Crippen LogP contribution is 2.61. The normalized spacial score (nSPS) is 28.1. The van der Waals surface area contributed by atoms with Crippen molar-refractivity contribution >= 4 is 22.5 Å². The van der Waals surface area contributed by atoms with Gasteiger partial charge in [-0.25, -0.2) is 4.98 Å². The van der Waals surface area contributed by atoms with E-state index in [0.717, 1.165) is 51.4 Å². The third-order valence-electron chi connectivity index (χ3n) is 8.09. The van der Waals surface area contributed by atoms with Gasteiger partial charge in [0.05, 0.1) is 24.0 Å². The van der Waals surface area contributed by atoms with Crippen LogP contribution in [0.5, 0.6) is 5.75 Å². The summed E-state index contributed by atoms with van der Waals surface area (Å²) in [4.78, 5) is 18.0. The van der Waals surface area contributed by atoms with E-state index < -0.39 is 0 Å². The number of anilines is 1. The summed E-state index contributed by atoms with van der Waals surface area (Å²) in [6.45, 7) is 0. The van der Waals surface area contributed by atoms with Crippen molar-refractivity contribution in [3.05, 3.63) is 54.6 Å². The topological polar surface area (TPSA) is 51.2 Å². The summed E-state index contributed by atoms with van der Waals surface area (Å²) in [5.74, 6) is 3.60. The molecule has 0 atom stereocenters. The van der Waals surface area contributed by atoms with Gasteiger partial charge in [0.25, 0.3) is 0 Å². The molecule has 4 aliphatic rings. The largest absolute Gasteiger partial charge is 0.497 e. The summed E-state index contributed by atoms with van der Waals surface area (Å²) in [5.41, 5.74) is 3.97. The minimum atomic E-state index is 0.165. The van der Waals surface area contributed by atoms with Crippen LogP contribution in [0.15, 0.2) is 54.6 Å². The van der Waals surface area contributed by atoms with Gasteiger partial charge in [-0.15, -0.1) is 0 Å². The van der Waals surface area contributed by atoms with Crippen LogP contribution < -0.4 is 10.1 Å². The Kier molecular flexibility index (Phi) is 4.71. The van der Waals surface area contributed by atoms with Gasteiger partial charge in [-0.3, -0.25) is 4.79 Å². The van der Waals surface area contributed by atoms with Gasteiger partial charge in [-0.2, -0.15) is 0 Å². The first-order valence-electron chi connectivity index (χ1n) is 11.9. The number of hydrogen-bond donors (Lipinski definition) is 1. The fourth-order valence-electron chi connectivity index (χ4n) is 7.23. The zero-order valence-electron chi connectivity index (χ0n) is 18.6. The molecule has 0 radical (unpaired) electrons. The maximum Gasteiger partial charge on any atom is 0.224 e. The zero-order chi connectivity index (χ0) is 21.7. The monoisotopic (exact) mass is 426 g/mol. The summed E-state index contributed by atoms with van der Waals surface area (Å²) in [6.07, 6.45) is 8.67. The second kappa shape index (κ2) is 7.61. The van der Waals surface area contributed by atoms with Gasteiger partial charge in [0.1, 0.15) is 5.75 Å². The van der Waals surface area contributed by atoms with Crippen LogP contribution in [0.2, 0.25) is 0 Å². The standard InChI is InChI=1S/C28H30N2O2/c1-32-22-7-5-21(6-8-22)24-10-9-23-25(29-24)3-2-4-26(23)30-27(31)17-28-14-18-11-19(15-28)13-20(12-18)16-28/h2-10,18-20H,11-17H2,1H3,(H,30,31). The van der Waals surface area contributed by atoms with Gasteiger partial charge >= 0.3 is 0 Å². The minimum absolute atomic E-state index is 0.165. The van der Waals surface area contributed by atoms with Crippen LogP contribution in [0.3, 0.4) is 0 Å². The number of carbonyl (C=O) groups is 1. The van der Waals surface area contributed by atoms with Crippen molar-refractivity contribution in [2.24, 2.45) is 23.2 Å². The molecule has 0 spiro atoms. The molecule has 2 aromatic carbocycles. The van der Waals surface area contributed by atoms with Gasteiger partial charge in [0.15, 0.2) is 0 Å². The van der Waals surface area contributed by atoms with Crippen LogP contribution in [0.1, 0.15) is 44.9 Å². The predicted molar refractivity (Wildman–Crippen MR) is 128 cm³/mol. The second-order valence-corrected chi connectivity index (χ2v) is 10.4. The molecule has 4 nitrogen and oxygen atoms in total. The first kappa shape index (κ1) is 19.8. The summed E-state index contributed by atoms with van der Waals surface area (Å²) in [6, 6.07) is 18.0. The molecule has 7 rings (SSSR count). The van der Waals surface area contributed by atoms with Gasteiger partial charge in [0.2, 0.25) is 5.91 Å². The number of benzene rings is 2. The number of nitrogens with one attached hydrogen (secondary N) is 1. The van der Waals surface area contributed by atoms with Gasteiger partial charge in [0, 0.05) is 17.4 Å². The SMILES string of the molecule is COc1ccc(-c2ccc3c(NC(=O)CC45CC6CC(CC(C6)C4)C5)cccc3n2)cc1. The van der Waals surface area contributed by atoms with Crippen LogP contribution in [-0.2, 0) is 4.79 Å². The maximum atomic E-state index is 13.1. The Hall–Kier alpha value is -2.88. The van der Waals surface area contributed by atoms with E-state index in [1.54, 1.807) is 7.11 Å². The average Bonchev–Trinajstić information content (AvgIpc) is 2.77. The average molecular weight is 427 g/mol. The lowest BCUT2D eigenvalue weighted by atomic mass is 9.49. The minimum Gasteiger partial charge on any atom is -0.497 e. The quantitative estimate of drug-likeness (QED) is 0.510. The number of fused-ring (bicyclic) bond motifs is 1. The summed E-state index contributed by atoms with van der Waals surface area (Å²) < 4.78 is 5.25. The molecule has 4 saturated carbocycles. The summed E-state index contributed by atoms with van der Waals surface area (Å²) in [5, 5.41) is 4.23. The van der Waals surface area contributed by atoms with E-state index in [1.807, 2.05) is 48.5 Å². The fraction of sp³-hybridized carbons (Fsp3) is 0.429. The van der Waals surface area contributed by atoms with E-state index in [1.165, 1.54) is 38.5 Å². The zero-order valence-corrected chi connectivity index (χ0v) is 18.6. The molecule has 4 aliphatic carbocycles. The maximum absolute atomic E-state index is 13.1. The highest BCUT2D eigenvalue weighted by Gasteiger charge is 2.51. The fourth-order valence-corrected chi connectivity index (χ4v) is 7.23. The molecule has 0 aliphatic heterocycles. The number of hydrogen-bond acceptors (Lipinski definition) is 3. The molecule has 1 aromatic heterocycles. The van der Waals surface area contributed by atoms with Gasteiger partial charge in [-0.05, 0) is 110 Å². The number of rotatable bonds is 5. The van der Waals surface area contributed by atoms with Crippen LogP contribution in [0.4, 0.5) is 5.69 Å². The molecule has 32 heavy (non-hydrogen) atoms. The van der Waals surface area contributed by atoms with Crippen molar-refractivity contribution in [3.63, 3.8) is 0 Å². The molecule has 164 valence electrons.